The molecule has 6 heteroatoms. The zero-order valence-electron chi connectivity index (χ0n) is 11.5. The molecule has 112 valence electrons. The van der Waals surface area contributed by atoms with E-state index in [1.807, 2.05) is 24.3 Å². The van der Waals surface area contributed by atoms with Crippen LogP contribution in [0.5, 0.6) is 0 Å². The summed E-state index contributed by atoms with van der Waals surface area (Å²) in [4.78, 5) is 0.145. The lowest BCUT2D eigenvalue weighted by Gasteiger charge is -2.05. The lowest BCUT2D eigenvalue weighted by Crippen LogP contribution is -2.83. The maximum atomic E-state index is 11.2. The number of nitrogens with two attached hydrogens (primary N) is 2. The first-order valence-corrected chi connectivity index (χ1v) is 8.56. The van der Waals surface area contributed by atoms with Crippen LogP contribution in [0.1, 0.15) is 11.1 Å². The van der Waals surface area contributed by atoms with Gasteiger partial charge in [0.25, 0.3) is 0 Å². The maximum absolute atomic E-state index is 11.2. The first-order valence-electron chi connectivity index (χ1n) is 6.63. The summed E-state index contributed by atoms with van der Waals surface area (Å²) in [5, 5.41) is 8.02. The zero-order chi connectivity index (χ0) is 15.3. The zero-order valence-corrected chi connectivity index (χ0v) is 13.1. The van der Waals surface area contributed by atoms with Crippen LogP contribution in [-0.2, 0) is 23.0 Å². The molecular weight excluding hydrogens is 308 g/mol. The fraction of sp³-hybridized carbons (Fsp3) is 0.200. The molecule has 0 fully saturated rings. The number of quaternary nitrogens is 1. The van der Waals surface area contributed by atoms with Gasteiger partial charge in [-0.25, -0.2) is 13.6 Å². The van der Waals surface area contributed by atoms with E-state index in [0.717, 1.165) is 35.7 Å². The van der Waals surface area contributed by atoms with Gasteiger partial charge in [0.1, 0.15) is 6.54 Å². The van der Waals surface area contributed by atoms with E-state index in [-0.39, 0.29) is 4.90 Å². The van der Waals surface area contributed by atoms with Crippen molar-refractivity contribution in [1.29, 1.82) is 0 Å². The molecule has 0 saturated carbocycles. The number of hydrogen-bond acceptors (Lipinski definition) is 2. The lowest BCUT2D eigenvalue weighted by atomic mass is 10.1. The fourth-order valence-electron chi connectivity index (χ4n) is 2.04. The van der Waals surface area contributed by atoms with Crippen molar-refractivity contribution in [2.24, 2.45) is 5.14 Å². The van der Waals surface area contributed by atoms with Gasteiger partial charge >= 0.3 is 0 Å². The van der Waals surface area contributed by atoms with Gasteiger partial charge in [0, 0.05) is 17.0 Å². The maximum Gasteiger partial charge on any atom is 0.238 e. The Labute approximate surface area is 130 Å². The molecule has 0 aliphatic heterocycles. The first kappa shape index (κ1) is 16.0. The van der Waals surface area contributed by atoms with Gasteiger partial charge < -0.3 is 5.32 Å². The predicted octanol–water partition coefficient (Wildman–Crippen LogP) is 1.29. The van der Waals surface area contributed by atoms with Crippen molar-refractivity contribution >= 4 is 21.6 Å². The Balaban J connectivity index is 1.83. The standard InChI is InChI=1S/C15H17ClN2O2S/c16-15-4-2-1-3-13(15)11-18-10-9-12-5-7-14(8-6-12)21(17,19)20/h1-8,18H,9-11H2,(H2,17,19,20)/p+1. The highest BCUT2D eigenvalue weighted by molar-refractivity contribution is 7.89. The van der Waals surface area contributed by atoms with E-state index in [0.29, 0.717) is 0 Å². The van der Waals surface area contributed by atoms with Crippen molar-refractivity contribution in [3.8, 4) is 0 Å². The Bertz CT molecular complexity index is 700. The van der Waals surface area contributed by atoms with Crippen LogP contribution in [0, 0.1) is 0 Å². The number of benzene rings is 2. The van der Waals surface area contributed by atoms with E-state index in [4.69, 9.17) is 16.7 Å². The third-order valence-corrected chi connectivity index (χ3v) is 4.51. The van der Waals surface area contributed by atoms with Crippen LogP contribution < -0.4 is 10.5 Å². The highest BCUT2D eigenvalue weighted by Gasteiger charge is 2.07. The van der Waals surface area contributed by atoms with Crippen molar-refractivity contribution in [2.75, 3.05) is 6.54 Å². The van der Waals surface area contributed by atoms with E-state index >= 15 is 0 Å². The Hall–Kier alpha value is -1.40. The van der Waals surface area contributed by atoms with E-state index in [2.05, 4.69) is 5.32 Å². The predicted molar refractivity (Wildman–Crippen MR) is 83.5 cm³/mol. The summed E-state index contributed by atoms with van der Waals surface area (Å²) in [6.07, 6.45) is 0.856. The lowest BCUT2D eigenvalue weighted by molar-refractivity contribution is -0.670. The minimum absolute atomic E-state index is 0.145. The largest absolute Gasteiger partial charge is 0.342 e. The molecule has 0 heterocycles. The normalized spacial score (nSPS) is 11.5. The van der Waals surface area contributed by atoms with Crippen LogP contribution >= 0.6 is 11.6 Å². The number of hydrogen-bond donors (Lipinski definition) is 2. The second-order valence-corrected chi connectivity index (χ2v) is 6.78. The fourth-order valence-corrected chi connectivity index (χ4v) is 2.76. The topological polar surface area (TPSA) is 76.8 Å². The van der Waals surface area contributed by atoms with Crippen LogP contribution in [0.15, 0.2) is 53.4 Å². The van der Waals surface area contributed by atoms with Gasteiger partial charge in [-0.2, -0.15) is 0 Å². The van der Waals surface area contributed by atoms with Gasteiger partial charge in [0.15, 0.2) is 0 Å². The molecular formula is C15H18ClN2O2S+. The average molecular weight is 326 g/mol. The smallest absolute Gasteiger partial charge is 0.238 e. The SMILES string of the molecule is NS(=O)(=O)c1ccc(CC[NH2+]Cc2ccccc2Cl)cc1. The van der Waals surface area contributed by atoms with Gasteiger partial charge in [-0.1, -0.05) is 41.9 Å². The number of sulfonamides is 1. The van der Waals surface area contributed by atoms with Gasteiger partial charge in [-0.15, -0.1) is 0 Å². The van der Waals surface area contributed by atoms with Crippen molar-refractivity contribution < 1.29 is 13.7 Å². The average Bonchev–Trinajstić information content (AvgIpc) is 2.45. The van der Waals surface area contributed by atoms with E-state index in [1.54, 1.807) is 24.3 Å². The monoisotopic (exact) mass is 325 g/mol. The molecule has 2 rings (SSSR count). The van der Waals surface area contributed by atoms with Crippen LogP contribution in [0.2, 0.25) is 5.02 Å². The van der Waals surface area contributed by atoms with Crippen LogP contribution in [-0.4, -0.2) is 15.0 Å². The number of rotatable bonds is 6. The molecule has 2 aromatic carbocycles. The summed E-state index contributed by atoms with van der Waals surface area (Å²) in [5.74, 6) is 0. The molecule has 0 atom stereocenters. The minimum Gasteiger partial charge on any atom is -0.342 e. The molecule has 0 saturated heterocycles. The van der Waals surface area contributed by atoms with Crippen molar-refractivity contribution in [1.82, 2.24) is 0 Å². The summed E-state index contributed by atoms with van der Waals surface area (Å²) in [7, 11) is -3.61. The van der Waals surface area contributed by atoms with E-state index in [1.165, 1.54) is 0 Å². The number of primary sulfonamides is 1. The Kier molecular flexibility index (Phi) is 5.36. The van der Waals surface area contributed by atoms with Crippen molar-refractivity contribution in [2.45, 2.75) is 17.9 Å². The molecule has 0 aromatic heterocycles. The van der Waals surface area contributed by atoms with Crippen LogP contribution in [0.25, 0.3) is 0 Å². The third kappa shape index (κ3) is 4.82. The highest BCUT2D eigenvalue weighted by Crippen LogP contribution is 2.13. The van der Waals surface area contributed by atoms with E-state index < -0.39 is 10.0 Å². The summed E-state index contributed by atoms with van der Waals surface area (Å²) < 4.78 is 22.3. The Morgan fingerprint density at radius 2 is 1.71 bits per heavy atom. The molecule has 0 aliphatic rings. The quantitative estimate of drug-likeness (QED) is 0.785. The van der Waals surface area contributed by atoms with Gasteiger partial charge in [-0.05, 0) is 23.8 Å². The molecule has 0 unspecified atom stereocenters. The van der Waals surface area contributed by atoms with Crippen LogP contribution in [0.3, 0.4) is 0 Å². The Morgan fingerprint density at radius 3 is 2.33 bits per heavy atom. The minimum atomic E-state index is -3.61. The highest BCUT2D eigenvalue weighted by atomic mass is 35.5. The molecule has 0 amide bonds. The molecule has 0 bridgehead atoms. The van der Waals surface area contributed by atoms with Gasteiger partial charge in [0.2, 0.25) is 10.0 Å². The summed E-state index contributed by atoms with van der Waals surface area (Å²) in [6, 6.07) is 14.5. The van der Waals surface area contributed by atoms with Gasteiger partial charge in [-0.3, -0.25) is 0 Å². The van der Waals surface area contributed by atoms with E-state index in [9.17, 15) is 8.42 Å². The molecule has 21 heavy (non-hydrogen) atoms. The second-order valence-electron chi connectivity index (χ2n) is 4.81. The number of halogens is 1. The van der Waals surface area contributed by atoms with Crippen molar-refractivity contribution in [3.05, 3.63) is 64.7 Å². The first-order chi connectivity index (χ1) is 9.97. The third-order valence-electron chi connectivity index (χ3n) is 3.21. The van der Waals surface area contributed by atoms with Gasteiger partial charge in [0.05, 0.1) is 11.4 Å². The van der Waals surface area contributed by atoms with Crippen molar-refractivity contribution in [3.63, 3.8) is 0 Å². The molecule has 0 spiro atoms. The second kappa shape index (κ2) is 7.04. The summed E-state index contributed by atoms with van der Waals surface area (Å²) >= 11 is 6.09. The summed E-state index contributed by atoms with van der Waals surface area (Å²) in [5.41, 5.74) is 2.20. The Morgan fingerprint density at radius 1 is 1.05 bits per heavy atom. The molecule has 0 aliphatic carbocycles. The molecule has 4 N–H and O–H groups in total. The van der Waals surface area contributed by atoms with Crippen LogP contribution in [0.4, 0.5) is 0 Å². The molecule has 4 nitrogen and oxygen atoms in total. The molecule has 0 radical (unpaired) electrons. The molecule has 2 aromatic rings. The summed E-state index contributed by atoms with van der Waals surface area (Å²) in [6.45, 7) is 1.73.